The molecule has 4 heteroatoms. The molecule has 1 saturated heterocycles. The summed E-state index contributed by atoms with van der Waals surface area (Å²) in [6.07, 6.45) is 6.53. The van der Waals surface area contributed by atoms with E-state index in [4.69, 9.17) is 0 Å². The summed E-state index contributed by atoms with van der Waals surface area (Å²) in [5.74, 6) is 0.230. The fourth-order valence-electron chi connectivity index (χ4n) is 4.51. The predicted octanol–water partition coefficient (Wildman–Crippen LogP) is 3.78. The molecule has 3 rings (SSSR count). The number of piperazine rings is 1. The van der Waals surface area contributed by atoms with Crippen LogP contribution in [0.15, 0.2) is 6.07 Å². The van der Waals surface area contributed by atoms with Crippen molar-refractivity contribution >= 4 is 5.91 Å². The molecule has 2 aliphatic rings. The highest BCUT2D eigenvalue weighted by atomic mass is 16.2. The number of aromatic nitrogens is 1. The standard InChI is InChI=1S/C20H33N3O/c1-15(2)21-10-12-22(13-11-21)20(24)19-14-16(3)23(17(19)4)18-8-6-5-7-9-18/h14-15,18H,5-13H2,1-4H3. The van der Waals surface area contributed by atoms with E-state index in [1.54, 1.807) is 0 Å². The van der Waals surface area contributed by atoms with E-state index in [9.17, 15) is 4.79 Å². The second kappa shape index (κ2) is 7.30. The van der Waals surface area contributed by atoms with Crippen LogP contribution in [0, 0.1) is 13.8 Å². The molecule has 0 radical (unpaired) electrons. The van der Waals surface area contributed by atoms with Gasteiger partial charge >= 0.3 is 0 Å². The number of carbonyl (C=O) groups is 1. The smallest absolute Gasteiger partial charge is 0.255 e. The van der Waals surface area contributed by atoms with Crippen molar-refractivity contribution in [2.24, 2.45) is 0 Å². The number of hydrogen-bond donors (Lipinski definition) is 0. The summed E-state index contributed by atoms with van der Waals surface area (Å²) in [5.41, 5.74) is 3.36. The van der Waals surface area contributed by atoms with E-state index in [-0.39, 0.29) is 5.91 Å². The molecule has 0 N–H and O–H groups in total. The molecule has 0 spiro atoms. The molecule has 1 aliphatic heterocycles. The SMILES string of the molecule is Cc1cc(C(=O)N2CCN(C(C)C)CC2)c(C)n1C1CCCCC1. The Bertz CT molecular complexity index is 576. The van der Waals surface area contributed by atoms with Gasteiger partial charge in [-0.25, -0.2) is 0 Å². The lowest BCUT2D eigenvalue weighted by Gasteiger charge is -2.37. The normalized spacial score (nSPS) is 20.8. The van der Waals surface area contributed by atoms with Gasteiger partial charge in [0.2, 0.25) is 0 Å². The van der Waals surface area contributed by atoms with Gasteiger partial charge in [0.25, 0.3) is 5.91 Å². The van der Waals surface area contributed by atoms with E-state index in [1.807, 2.05) is 4.90 Å². The van der Waals surface area contributed by atoms with Gasteiger partial charge in [-0.05, 0) is 46.6 Å². The Labute approximate surface area is 146 Å². The summed E-state index contributed by atoms with van der Waals surface area (Å²) < 4.78 is 2.44. The second-order valence-corrected chi connectivity index (χ2v) is 7.87. The van der Waals surface area contributed by atoms with Crippen LogP contribution >= 0.6 is 0 Å². The minimum absolute atomic E-state index is 0.230. The van der Waals surface area contributed by atoms with Crippen molar-refractivity contribution in [2.75, 3.05) is 26.2 Å². The van der Waals surface area contributed by atoms with Crippen LogP contribution < -0.4 is 0 Å². The lowest BCUT2D eigenvalue weighted by Crippen LogP contribution is -2.50. The molecule has 4 nitrogen and oxygen atoms in total. The van der Waals surface area contributed by atoms with Gasteiger partial charge in [0.05, 0.1) is 5.56 Å². The first-order valence-electron chi connectivity index (χ1n) is 9.70. The van der Waals surface area contributed by atoms with Crippen LogP contribution in [0.25, 0.3) is 0 Å². The highest BCUT2D eigenvalue weighted by Gasteiger charge is 2.27. The zero-order valence-corrected chi connectivity index (χ0v) is 15.8. The van der Waals surface area contributed by atoms with Gasteiger partial charge < -0.3 is 9.47 Å². The van der Waals surface area contributed by atoms with E-state index in [1.165, 1.54) is 43.5 Å². The van der Waals surface area contributed by atoms with Gasteiger partial charge in [0.1, 0.15) is 0 Å². The molecule has 2 heterocycles. The molecule has 0 bridgehead atoms. The molecule has 2 fully saturated rings. The largest absolute Gasteiger partial charge is 0.345 e. The number of carbonyl (C=O) groups excluding carboxylic acids is 1. The number of rotatable bonds is 3. The quantitative estimate of drug-likeness (QED) is 0.843. The Balaban J connectivity index is 1.74. The van der Waals surface area contributed by atoms with Crippen LogP contribution in [-0.2, 0) is 0 Å². The first kappa shape index (κ1) is 17.5. The molecule has 24 heavy (non-hydrogen) atoms. The van der Waals surface area contributed by atoms with E-state index >= 15 is 0 Å². The van der Waals surface area contributed by atoms with Gasteiger partial charge in [-0.1, -0.05) is 19.3 Å². The molecular formula is C20H33N3O. The first-order valence-corrected chi connectivity index (χ1v) is 9.70. The Morgan fingerprint density at radius 2 is 1.67 bits per heavy atom. The van der Waals surface area contributed by atoms with E-state index in [2.05, 4.69) is 43.2 Å². The maximum absolute atomic E-state index is 13.0. The number of nitrogens with zero attached hydrogens (tertiary/aromatic N) is 3. The Morgan fingerprint density at radius 1 is 1.04 bits per heavy atom. The molecule has 1 aromatic heterocycles. The first-order chi connectivity index (χ1) is 11.5. The summed E-state index contributed by atoms with van der Waals surface area (Å²) in [6.45, 7) is 12.4. The van der Waals surface area contributed by atoms with Crippen molar-refractivity contribution in [3.63, 3.8) is 0 Å². The van der Waals surface area contributed by atoms with Crippen LogP contribution in [0.4, 0.5) is 0 Å². The third-order valence-corrected chi connectivity index (χ3v) is 5.99. The Hall–Kier alpha value is -1.29. The molecule has 1 amide bonds. The molecule has 0 atom stereocenters. The second-order valence-electron chi connectivity index (χ2n) is 7.87. The maximum Gasteiger partial charge on any atom is 0.255 e. The average molecular weight is 332 g/mol. The molecule has 1 saturated carbocycles. The molecule has 1 aromatic rings. The minimum atomic E-state index is 0.230. The maximum atomic E-state index is 13.0. The highest BCUT2D eigenvalue weighted by molar-refractivity contribution is 5.95. The molecule has 134 valence electrons. The summed E-state index contributed by atoms with van der Waals surface area (Å²) in [6, 6.07) is 3.29. The fourth-order valence-corrected chi connectivity index (χ4v) is 4.51. The van der Waals surface area contributed by atoms with Crippen LogP contribution in [0.3, 0.4) is 0 Å². The molecule has 1 aliphatic carbocycles. The van der Waals surface area contributed by atoms with E-state index in [0.717, 1.165) is 31.7 Å². The van der Waals surface area contributed by atoms with E-state index < -0.39 is 0 Å². The van der Waals surface area contributed by atoms with Gasteiger partial charge in [0.15, 0.2) is 0 Å². The number of amides is 1. The zero-order valence-electron chi connectivity index (χ0n) is 15.8. The van der Waals surface area contributed by atoms with Crippen molar-refractivity contribution < 1.29 is 4.79 Å². The zero-order chi connectivity index (χ0) is 17.3. The Kier molecular flexibility index (Phi) is 5.33. The van der Waals surface area contributed by atoms with Gasteiger partial charge in [-0.3, -0.25) is 9.69 Å². The van der Waals surface area contributed by atoms with Crippen molar-refractivity contribution in [1.29, 1.82) is 0 Å². The fraction of sp³-hybridized carbons (Fsp3) is 0.750. The number of aryl methyl sites for hydroxylation is 1. The minimum Gasteiger partial charge on any atom is -0.345 e. The lowest BCUT2D eigenvalue weighted by atomic mass is 9.95. The predicted molar refractivity (Wildman–Crippen MR) is 98.6 cm³/mol. The van der Waals surface area contributed by atoms with Crippen molar-refractivity contribution in [3.05, 3.63) is 23.0 Å². The van der Waals surface area contributed by atoms with Crippen molar-refractivity contribution in [3.8, 4) is 0 Å². The molecule has 0 aromatic carbocycles. The lowest BCUT2D eigenvalue weighted by molar-refractivity contribution is 0.0594. The molecular weight excluding hydrogens is 298 g/mol. The number of hydrogen-bond acceptors (Lipinski definition) is 2. The summed E-state index contributed by atoms with van der Waals surface area (Å²) >= 11 is 0. The van der Waals surface area contributed by atoms with E-state index in [0.29, 0.717) is 12.1 Å². The van der Waals surface area contributed by atoms with Crippen LogP contribution in [0.2, 0.25) is 0 Å². The van der Waals surface area contributed by atoms with Gasteiger partial charge in [-0.2, -0.15) is 0 Å². The summed E-state index contributed by atoms with van der Waals surface area (Å²) in [4.78, 5) is 17.5. The van der Waals surface area contributed by atoms with Crippen LogP contribution in [-0.4, -0.2) is 52.5 Å². The summed E-state index contributed by atoms with van der Waals surface area (Å²) in [7, 11) is 0. The molecule has 0 unspecified atom stereocenters. The van der Waals surface area contributed by atoms with Crippen LogP contribution in [0.1, 0.15) is 73.7 Å². The monoisotopic (exact) mass is 331 g/mol. The van der Waals surface area contributed by atoms with Gasteiger partial charge in [-0.15, -0.1) is 0 Å². The topological polar surface area (TPSA) is 28.5 Å². The average Bonchev–Trinajstić information content (AvgIpc) is 2.89. The third kappa shape index (κ3) is 3.39. The third-order valence-electron chi connectivity index (χ3n) is 5.99. The van der Waals surface area contributed by atoms with Crippen molar-refractivity contribution in [2.45, 2.75) is 71.9 Å². The highest BCUT2D eigenvalue weighted by Crippen LogP contribution is 2.32. The van der Waals surface area contributed by atoms with Crippen LogP contribution in [0.5, 0.6) is 0 Å². The summed E-state index contributed by atoms with van der Waals surface area (Å²) in [5, 5.41) is 0. The van der Waals surface area contributed by atoms with Gasteiger partial charge in [0, 0.05) is 49.7 Å². The Morgan fingerprint density at radius 3 is 2.25 bits per heavy atom. The van der Waals surface area contributed by atoms with Crippen molar-refractivity contribution in [1.82, 2.24) is 14.4 Å².